The second kappa shape index (κ2) is 5.92. The Bertz CT molecular complexity index is 753. The number of rotatable bonds is 3. The summed E-state index contributed by atoms with van der Waals surface area (Å²) in [4.78, 5) is 11.8. The first-order valence-electron chi connectivity index (χ1n) is 7.22. The summed E-state index contributed by atoms with van der Waals surface area (Å²) in [7, 11) is 0. The maximum absolute atomic E-state index is 4.65. The van der Waals surface area contributed by atoms with Crippen LogP contribution in [0.4, 0.5) is 5.13 Å². The Morgan fingerprint density at radius 2 is 2.00 bits per heavy atom. The topological polar surface area (TPSA) is 36.7 Å². The molecule has 22 heavy (non-hydrogen) atoms. The zero-order valence-corrected chi connectivity index (χ0v) is 15.4. The van der Waals surface area contributed by atoms with Crippen LogP contribution < -0.4 is 4.90 Å². The molecule has 0 saturated carbocycles. The number of thiophene rings is 1. The van der Waals surface area contributed by atoms with Crippen LogP contribution in [0.5, 0.6) is 0 Å². The number of anilines is 1. The van der Waals surface area contributed by atoms with E-state index in [1.807, 2.05) is 29.0 Å². The average molecular weight is 398 g/mol. The molecule has 0 N–H and O–H groups in total. The standard InChI is InChI=1S/C14H16BrN5S2/c1-10-8-20-13(16-10)22-14(17-20)19-6-4-18(5-7-19)9-11-2-3-12(15)21-11/h2-3,8H,4-7,9H2,1H3. The zero-order valence-electron chi connectivity index (χ0n) is 12.2. The van der Waals surface area contributed by atoms with E-state index in [1.165, 1.54) is 8.66 Å². The first-order valence-corrected chi connectivity index (χ1v) is 9.64. The van der Waals surface area contributed by atoms with Crippen LogP contribution in [0.2, 0.25) is 0 Å². The third-order valence-corrected chi connectivity index (χ3v) is 6.40. The van der Waals surface area contributed by atoms with Gasteiger partial charge < -0.3 is 4.90 Å². The van der Waals surface area contributed by atoms with Crippen molar-refractivity contribution in [3.8, 4) is 0 Å². The van der Waals surface area contributed by atoms with Crippen LogP contribution in [-0.4, -0.2) is 45.7 Å². The number of nitrogens with zero attached hydrogens (tertiary/aromatic N) is 5. The lowest BCUT2D eigenvalue weighted by atomic mass is 10.3. The van der Waals surface area contributed by atoms with Crippen LogP contribution in [0.25, 0.3) is 4.96 Å². The zero-order chi connectivity index (χ0) is 15.1. The van der Waals surface area contributed by atoms with E-state index < -0.39 is 0 Å². The van der Waals surface area contributed by atoms with Gasteiger partial charge in [-0.05, 0) is 35.0 Å². The summed E-state index contributed by atoms with van der Waals surface area (Å²) >= 11 is 7.03. The molecule has 1 aliphatic rings. The molecule has 0 radical (unpaired) electrons. The van der Waals surface area contributed by atoms with Crippen LogP contribution in [-0.2, 0) is 6.54 Å². The number of halogens is 1. The number of fused-ring (bicyclic) bond motifs is 1. The van der Waals surface area contributed by atoms with E-state index in [4.69, 9.17) is 0 Å². The van der Waals surface area contributed by atoms with Gasteiger partial charge in [0.25, 0.3) is 0 Å². The van der Waals surface area contributed by atoms with Crippen molar-refractivity contribution in [1.29, 1.82) is 0 Å². The Labute approximate surface area is 145 Å². The minimum absolute atomic E-state index is 0.985. The molecule has 1 saturated heterocycles. The van der Waals surface area contributed by atoms with E-state index in [2.05, 4.69) is 47.9 Å². The molecule has 0 atom stereocenters. The minimum atomic E-state index is 0.985. The van der Waals surface area contributed by atoms with Crippen molar-refractivity contribution in [3.63, 3.8) is 0 Å². The number of imidazole rings is 1. The molecule has 3 aromatic rings. The molecule has 1 fully saturated rings. The van der Waals surface area contributed by atoms with E-state index in [0.717, 1.165) is 48.5 Å². The number of aromatic nitrogens is 3. The molecule has 3 aromatic heterocycles. The van der Waals surface area contributed by atoms with Crippen molar-refractivity contribution < 1.29 is 0 Å². The van der Waals surface area contributed by atoms with E-state index >= 15 is 0 Å². The maximum Gasteiger partial charge on any atom is 0.214 e. The molecule has 0 aromatic carbocycles. The lowest BCUT2D eigenvalue weighted by Crippen LogP contribution is -2.45. The summed E-state index contributed by atoms with van der Waals surface area (Å²) in [5.41, 5.74) is 1.03. The van der Waals surface area contributed by atoms with Gasteiger partial charge in [-0.15, -0.1) is 16.4 Å². The maximum atomic E-state index is 4.65. The third kappa shape index (κ3) is 2.92. The summed E-state index contributed by atoms with van der Waals surface area (Å²) in [6.45, 7) is 7.27. The summed E-state index contributed by atoms with van der Waals surface area (Å²) in [6, 6.07) is 4.34. The smallest absolute Gasteiger partial charge is 0.214 e. The Hall–Kier alpha value is -0.960. The van der Waals surface area contributed by atoms with E-state index in [1.54, 1.807) is 11.3 Å². The van der Waals surface area contributed by atoms with Gasteiger partial charge in [0, 0.05) is 37.6 Å². The van der Waals surface area contributed by atoms with Gasteiger partial charge in [-0.25, -0.2) is 9.50 Å². The molecule has 0 unspecified atom stereocenters. The number of aryl methyl sites for hydroxylation is 1. The Morgan fingerprint density at radius 3 is 2.68 bits per heavy atom. The molecule has 0 bridgehead atoms. The fraction of sp³-hybridized carbons (Fsp3) is 0.429. The van der Waals surface area contributed by atoms with E-state index in [9.17, 15) is 0 Å². The van der Waals surface area contributed by atoms with Gasteiger partial charge in [-0.3, -0.25) is 4.90 Å². The molecular weight excluding hydrogens is 382 g/mol. The highest BCUT2D eigenvalue weighted by atomic mass is 79.9. The fourth-order valence-electron chi connectivity index (χ4n) is 2.68. The molecule has 1 aliphatic heterocycles. The number of hydrogen-bond donors (Lipinski definition) is 0. The Kier molecular flexibility index (Phi) is 3.93. The summed E-state index contributed by atoms with van der Waals surface area (Å²) in [5, 5.41) is 5.73. The first kappa shape index (κ1) is 14.6. The highest BCUT2D eigenvalue weighted by Crippen LogP contribution is 2.26. The van der Waals surface area contributed by atoms with E-state index in [-0.39, 0.29) is 0 Å². The predicted molar refractivity (Wildman–Crippen MR) is 95.1 cm³/mol. The van der Waals surface area contributed by atoms with Gasteiger partial charge in [-0.2, -0.15) is 0 Å². The van der Waals surface area contributed by atoms with Gasteiger partial charge in [0.15, 0.2) is 0 Å². The first-order chi connectivity index (χ1) is 10.7. The van der Waals surface area contributed by atoms with Gasteiger partial charge >= 0.3 is 0 Å². The van der Waals surface area contributed by atoms with Crippen LogP contribution in [0.1, 0.15) is 10.6 Å². The van der Waals surface area contributed by atoms with Crippen LogP contribution in [0, 0.1) is 6.92 Å². The molecule has 5 nitrogen and oxygen atoms in total. The monoisotopic (exact) mass is 397 g/mol. The van der Waals surface area contributed by atoms with Gasteiger partial charge in [-0.1, -0.05) is 11.3 Å². The van der Waals surface area contributed by atoms with Crippen molar-refractivity contribution in [3.05, 3.63) is 32.7 Å². The largest absolute Gasteiger partial charge is 0.344 e. The molecule has 4 heterocycles. The van der Waals surface area contributed by atoms with E-state index in [0.29, 0.717) is 0 Å². The van der Waals surface area contributed by atoms with Crippen molar-refractivity contribution in [1.82, 2.24) is 19.5 Å². The third-order valence-electron chi connectivity index (χ3n) is 3.80. The molecule has 0 amide bonds. The Morgan fingerprint density at radius 1 is 1.18 bits per heavy atom. The SMILES string of the molecule is Cc1cn2nc(N3CCN(Cc4ccc(Br)s4)CC3)sc2n1. The second-order valence-corrected chi connectivity index (χ2v) is 8.95. The minimum Gasteiger partial charge on any atom is -0.344 e. The summed E-state index contributed by atoms with van der Waals surface area (Å²) in [6.07, 6.45) is 1.99. The van der Waals surface area contributed by atoms with Crippen molar-refractivity contribution in [2.75, 3.05) is 31.1 Å². The normalized spacial score (nSPS) is 16.7. The molecular formula is C14H16BrN5S2. The molecule has 0 spiro atoms. The van der Waals surface area contributed by atoms with Crippen molar-refractivity contribution >= 4 is 48.7 Å². The molecule has 116 valence electrons. The molecule has 8 heteroatoms. The fourth-order valence-corrected chi connectivity index (χ4v) is 5.19. The van der Waals surface area contributed by atoms with Gasteiger partial charge in [0.2, 0.25) is 10.1 Å². The van der Waals surface area contributed by atoms with Crippen molar-refractivity contribution in [2.24, 2.45) is 0 Å². The van der Waals surface area contributed by atoms with Gasteiger partial charge in [0.1, 0.15) is 0 Å². The lowest BCUT2D eigenvalue weighted by molar-refractivity contribution is 0.251. The Balaban J connectivity index is 1.39. The van der Waals surface area contributed by atoms with Gasteiger partial charge in [0.05, 0.1) is 15.7 Å². The number of hydrogen-bond acceptors (Lipinski definition) is 6. The molecule has 4 rings (SSSR count). The van der Waals surface area contributed by atoms with Crippen LogP contribution in [0.3, 0.4) is 0 Å². The van der Waals surface area contributed by atoms with Crippen molar-refractivity contribution in [2.45, 2.75) is 13.5 Å². The quantitative estimate of drug-likeness (QED) is 0.679. The molecule has 0 aliphatic carbocycles. The highest BCUT2D eigenvalue weighted by molar-refractivity contribution is 9.11. The lowest BCUT2D eigenvalue weighted by Gasteiger charge is -2.34. The second-order valence-electron chi connectivity index (χ2n) is 5.46. The summed E-state index contributed by atoms with van der Waals surface area (Å²) in [5.74, 6) is 0. The average Bonchev–Trinajstić information content (AvgIpc) is 3.14. The van der Waals surface area contributed by atoms with Crippen LogP contribution in [0.15, 0.2) is 22.1 Å². The summed E-state index contributed by atoms with van der Waals surface area (Å²) < 4.78 is 3.10. The highest BCUT2D eigenvalue weighted by Gasteiger charge is 2.20. The number of piperazine rings is 1. The predicted octanol–water partition coefficient (Wildman–Crippen LogP) is 3.25. The van der Waals surface area contributed by atoms with Crippen LogP contribution >= 0.6 is 38.6 Å².